The first-order valence-electron chi connectivity index (χ1n) is 3.96. The van der Waals surface area contributed by atoms with Crippen LogP contribution in [0.2, 0.25) is 0 Å². The first-order chi connectivity index (χ1) is 6.76. The summed E-state index contributed by atoms with van der Waals surface area (Å²) >= 11 is 0. The van der Waals surface area contributed by atoms with E-state index >= 15 is 0 Å². The molecule has 74 valence electrons. The molecule has 0 unspecified atom stereocenters. The second-order valence-electron chi connectivity index (χ2n) is 2.36. The number of carbonyl (C=O) groups excluding carboxylic acids is 1. The Morgan fingerprint density at radius 3 is 3.21 bits per heavy atom. The minimum atomic E-state index is -0.434. The number of azide groups is 1. The van der Waals surface area contributed by atoms with Crippen LogP contribution in [-0.2, 0) is 11.3 Å². The van der Waals surface area contributed by atoms with Crippen molar-refractivity contribution in [3.05, 3.63) is 16.8 Å². The maximum atomic E-state index is 11.0. The maximum absolute atomic E-state index is 11.0. The van der Waals surface area contributed by atoms with Crippen LogP contribution >= 0.6 is 0 Å². The lowest BCUT2D eigenvalue weighted by atomic mass is 10.6. The number of rotatable bonds is 4. The predicted molar refractivity (Wildman–Crippen MR) is 48.3 cm³/mol. The van der Waals surface area contributed by atoms with Gasteiger partial charge in [0.1, 0.15) is 12.9 Å². The normalized spacial score (nSPS) is 9.21. The van der Waals surface area contributed by atoms with Crippen molar-refractivity contribution in [1.82, 2.24) is 14.8 Å². The average molecular weight is 195 g/mol. The average Bonchev–Trinajstić information content (AvgIpc) is 2.62. The summed E-state index contributed by atoms with van der Waals surface area (Å²) in [5, 5.41) is 9.40. The molecule has 1 aromatic heterocycles. The largest absolute Gasteiger partial charge is 0.293 e. The van der Waals surface area contributed by atoms with Gasteiger partial charge in [-0.2, -0.15) is 0 Å². The number of nitrogens with one attached hydrogen (secondary N) is 1. The second kappa shape index (κ2) is 4.83. The number of nitrogens with zero attached hydrogens (tertiary/aromatic N) is 6. The summed E-state index contributed by atoms with van der Waals surface area (Å²) in [7, 11) is 0. The summed E-state index contributed by atoms with van der Waals surface area (Å²) in [4.78, 5) is 17.3. The maximum Gasteiger partial charge on any atom is 0.248 e. The molecule has 0 saturated carbocycles. The summed E-state index contributed by atoms with van der Waals surface area (Å²) < 4.78 is 1.57. The highest BCUT2D eigenvalue weighted by molar-refractivity contribution is 5.90. The summed E-state index contributed by atoms with van der Waals surface area (Å²) in [6.07, 6.45) is 1.50. The minimum Gasteiger partial charge on any atom is -0.293 e. The van der Waals surface area contributed by atoms with E-state index in [4.69, 9.17) is 5.53 Å². The van der Waals surface area contributed by atoms with Crippen molar-refractivity contribution in [3.8, 4) is 0 Å². The van der Waals surface area contributed by atoms with E-state index < -0.39 is 5.91 Å². The Hall–Kier alpha value is -2.08. The lowest BCUT2D eigenvalue weighted by molar-refractivity contribution is -0.114. The molecule has 0 radical (unpaired) electrons. The fraction of sp³-hybridized carbons (Fsp3) is 0.500. The molecule has 0 aliphatic heterocycles. The van der Waals surface area contributed by atoms with Crippen molar-refractivity contribution in [3.63, 3.8) is 0 Å². The third-order valence-corrected chi connectivity index (χ3v) is 1.39. The van der Waals surface area contributed by atoms with Gasteiger partial charge in [0.2, 0.25) is 11.9 Å². The molecule has 14 heavy (non-hydrogen) atoms. The zero-order chi connectivity index (χ0) is 10.4. The molecular formula is C6H9N7O. The van der Waals surface area contributed by atoms with Crippen LogP contribution < -0.4 is 5.32 Å². The lowest BCUT2D eigenvalue weighted by Crippen LogP contribution is -2.15. The van der Waals surface area contributed by atoms with Gasteiger partial charge in [-0.3, -0.25) is 14.8 Å². The molecule has 1 aromatic rings. The highest BCUT2D eigenvalue weighted by Crippen LogP contribution is 1.95. The summed E-state index contributed by atoms with van der Waals surface area (Å²) in [6, 6.07) is 0. The Bertz CT molecular complexity index is 364. The Kier molecular flexibility index (Phi) is 3.45. The number of hydrogen-bond donors (Lipinski definition) is 1. The number of hydrogen-bond acceptors (Lipinski definition) is 4. The van der Waals surface area contributed by atoms with Crippen molar-refractivity contribution >= 4 is 11.9 Å². The Balaban J connectivity index is 2.51. The molecule has 0 aliphatic rings. The molecule has 1 rings (SSSR count). The molecule has 0 aromatic carbocycles. The van der Waals surface area contributed by atoms with E-state index in [0.717, 1.165) is 0 Å². The van der Waals surface area contributed by atoms with Gasteiger partial charge in [-0.15, -0.1) is 5.10 Å². The van der Waals surface area contributed by atoms with Crippen LogP contribution in [0.25, 0.3) is 10.4 Å². The standard InChI is InChI=1S/C6H9N7O/c1-2-13-4-8-6(11-13)10-5(14)3-9-12-7/h4H,2-3H2,1H3,(H,10,11,14). The zero-order valence-corrected chi connectivity index (χ0v) is 7.58. The molecule has 8 heteroatoms. The predicted octanol–water partition coefficient (Wildman–Crippen LogP) is 0.547. The second-order valence-corrected chi connectivity index (χ2v) is 2.36. The Labute approximate surface area is 79.6 Å². The van der Waals surface area contributed by atoms with E-state index in [1.54, 1.807) is 4.68 Å². The van der Waals surface area contributed by atoms with Crippen molar-refractivity contribution < 1.29 is 4.79 Å². The van der Waals surface area contributed by atoms with E-state index in [1.165, 1.54) is 6.33 Å². The quantitative estimate of drug-likeness (QED) is 0.430. The summed E-state index contributed by atoms with van der Waals surface area (Å²) in [5.74, 6) is -0.221. The smallest absolute Gasteiger partial charge is 0.248 e. The fourth-order valence-corrected chi connectivity index (χ4v) is 0.764. The Morgan fingerprint density at radius 1 is 1.86 bits per heavy atom. The first kappa shape index (κ1) is 10.0. The molecule has 1 heterocycles. The lowest BCUT2D eigenvalue weighted by Gasteiger charge is -1.95. The molecule has 0 aliphatic carbocycles. The van der Waals surface area contributed by atoms with Gasteiger partial charge in [-0.1, -0.05) is 5.11 Å². The van der Waals surface area contributed by atoms with E-state index in [-0.39, 0.29) is 12.5 Å². The van der Waals surface area contributed by atoms with E-state index in [9.17, 15) is 4.79 Å². The number of amides is 1. The van der Waals surface area contributed by atoms with Crippen molar-refractivity contribution in [2.75, 3.05) is 11.9 Å². The zero-order valence-electron chi connectivity index (χ0n) is 7.58. The number of aryl methyl sites for hydroxylation is 1. The van der Waals surface area contributed by atoms with Gasteiger partial charge in [-0.05, 0) is 12.5 Å². The van der Waals surface area contributed by atoms with Gasteiger partial charge < -0.3 is 0 Å². The highest BCUT2D eigenvalue weighted by Gasteiger charge is 2.03. The third kappa shape index (κ3) is 2.76. The van der Waals surface area contributed by atoms with Gasteiger partial charge in [0, 0.05) is 11.5 Å². The summed E-state index contributed by atoms with van der Waals surface area (Å²) in [5.41, 5.74) is 7.97. The van der Waals surface area contributed by atoms with Crippen molar-refractivity contribution in [2.24, 2.45) is 5.11 Å². The molecule has 0 bridgehead atoms. The molecule has 1 N–H and O–H groups in total. The highest BCUT2D eigenvalue weighted by atomic mass is 16.2. The molecular weight excluding hydrogens is 186 g/mol. The molecule has 0 fully saturated rings. The molecule has 8 nitrogen and oxygen atoms in total. The van der Waals surface area contributed by atoms with Crippen LogP contribution in [0.4, 0.5) is 5.95 Å². The van der Waals surface area contributed by atoms with Crippen LogP contribution in [-0.4, -0.2) is 27.2 Å². The van der Waals surface area contributed by atoms with Gasteiger partial charge >= 0.3 is 0 Å². The van der Waals surface area contributed by atoms with Gasteiger partial charge in [0.15, 0.2) is 0 Å². The van der Waals surface area contributed by atoms with Crippen LogP contribution in [0, 0.1) is 0 Å². The summed E-state index contributed by atoms with van der Waals surface area (Å²) in [6.45, 7) is 2.33. The third-order valence-electron chi connectivity index (χ3n) is 1.39. The van der Waals surface area contributed by atoms with Crippen molar-refractivity contribution in [1.29, 1.82) is 0 Å². The van der Waals surface area contributed by atoms with Crippen LogP contribution in [0.15, 0.2) is 11.4 Å². The van der Waals surface area contributed by atoms with Gasteiger partial charge in [0.25, 0.3) is 0 Å². The molecule has 0 spiro atoms. The number of aromatic nitrogens is 3. The molecule has 0 atom stereocenters. The van der Waals surface area contributed by atoms with Gasteiger partial charge in [-0.25, -0.2) is 4.98 Å². The Morgan fingerprint density at radius 2 is 2.64 bits per heavy atom. The van der Waals surface area contributed by atoms with E-state index in [0.29, 0.717) is 6.54 Å². The number of anilines is 1. The van der Waals surface area contributed by atoms with E-state index in [1.807, 2.05) is 6.92 Å². The SMILES string of the molecule is CCn1cnc(NC(=O)CN=[N+]=[N-])n1. The molecule has 0 saturated heterocycles. The van der Waals surface area contributed by atoms with Crippen LogP contribution in [0.3, 0.4) is 0 Å². The van der Waals surface area contributed by atoms with Gasteiger partial charge in [0.05, 0.1) is 0 Å². The monoisotopic (exact) mass is 195 g/mol. The molecule has 1 amide bonds. The first-order valence-corrected chi connectivity index (χ1v) is 3.96. The van der Waals surface area contributed by atoms with Crippen LogP contribution in [0.5, 0.6) is 0 Å². The van der Waals surface area contributed by atoms with Crippen LogP contribution in [0.1, 0.15) is 6.92 Å². The number of carbonyl (C=O) groups is 1. The fourth-order valence-electron chi connectivity index (χ4n) is 0.764. The van der Waals surface area contributed by atoms with E-state index in [2.05, 4.69) is 25.4 Å². The van der Waals surface area contributed by atoms with Crippen molar-refractivity contribution in [2.45, 2.75) is 13.5 Å². The minimum absolute atomic E-state index is 0.213. The topological polar surface area (TPSA) is 109 Å².